The van der Waals surface area contributed by atoms with E-state index in [1.165, 1.54) is 193 Å². The van der Waals surface area contributed by atoms with Crippen molar-refractivity contribution in [3.05, 3.63) is 0 Å². The standard InChI is InChI=1S/C87H170N2O10/c1-9-17-21-25-31-42-61-81(57-14-6)97-87(95)69-55-73-89(75-77-91)71-53-38-30-36-48-67-86(94)99-83(64-45-34-28-24-20-12-4)65-46-39-41-58-78(15-7)79(56-13-5)59-50-51-60-80(16-8)96-84(92)68-49-40-54-72-88(74-76-90)70-52-37-29-35-47-66-85(93)98-82(62-43-32-26-22-18-10-2)63-44-33-27-23-19-11-3/h78-83,90-91H,9-77H2,1-8H3. The molecule has 0 aromatic carbocycles. The molecule has 5 atom stereocenters. The Morgan fingerprint density at radius 1 is 0.232 bits per heavy atom. The first-order chi connectivity index (χ1) is 48.5. The van der Waals surface area contributed by atoms with E-state index in [9.17, 15) is 29.4 Å². The average molecular weight is 1400 g/mol. The lowest BCUT2D eigenvalue weighted by atomic mass is 9.79. The molecule has 0 amide bonds. The molecule has 0 fully saturated rings. The van der Waals surface area contributed by atoms with E-state index in [-0.39, 0.29) is 61.5 Å². The molecule has 0 bridgehead atoms. The van der Waals surface area contributed by atoms with Gasteiger partial charge in [-0.15, -0.1) is 0 Å². The number of carbonyl (C=O) groups excluding carboxylic acids is 4. The molecule has 99 heavy (non-hydrogen) atoms. The van der Waals surface area contributed by atoms with Crippen molar-refractivity contribution in [2.45, 2.75) is 471 Å². The maximum Gasteiger partial charge on any atom is 0.306 e. The number of hydrogen-bond acceptors (Lipinski definition) is 12. The van der Waals surface area contributed by atoms with Gasteiger partial charge in [-0.05, 0) is 173 Å². The van der Waals surface area contributed by atoms with Gasteiger partial charge < -0.3 is 39.0 Å². The maximum absolute atomic E-state index is 13.3. The lowest BCUT2D eigenvalue weighted by Gasteiger charge is -2.27. The van der Waals surface area contributed by atoms with Crippen LogP contribution < -0.4 is 0 Å². The van der Waals surface area contributed by atoms with E-state index in [1.54, 1.807) is 0 Å². The summed E-state index contributed by atoms with van der Waals surface area (Å²) < 4.78 is 24.3. The Balaban J connectivity index is 4.69. The number of hydrogen-bond donors (Lipinski definition) is 2. The van der Waals surface area contributed by atoms with Crippen LogP contribution in [0.3, 0.4) is 0 Å². The van der Waals surface area contributed by atoms with E-state index >= 15 is 0 Å². The van der Waals surface area contributed by atoms with E-state index in [1.807, 2.05) is 0 Å². The zero-order valence-corrected chi connectivity index (χ0v) is 67.3. The molecule has 0 spiro atoms. The van der Waals surface area contributed by atoms with Crippen LogP contribution >= 0.6 is 0 Å². The molecular formula is C87H170N2O10. The largest absolute Gasteiger partial charge is 0.462 e. The molecule has 0 heterocycles. The molecule has 2 N–H and O–H groups in total. The van der Waals surface area contributed by atoms with E-state index in [0.29, 0.717) is 38.8 Å². The molecule has 0 aliphatic rings. The molecule has 12 nitrogen and oxygen atoms in total. The predicted molar refractivity (Wildman–Crippen MR) is 421 cm³/mol. The molecule has 5 unspecified atom stereocenters. The summed E-state index contributed by atoms with van der Waals surface area (Å²) in [6.07, 6.45) is 67.1. The Morgan fingerprint density at radius 3 is 0.838 bits per heavy atom. The van der Waals surface area contributed by atoms with Crippen molar-refractivity contribution in [2.24, 2.45) is 11.8 Å². The topological polar surface area (TPSA) is 152 Å². The van der Waals surface area contributed by atoms with Crippen molar-refractivity contribution in [3.8, 4) is 0 Å². The van der Waals surface area contributed by atoms with Gasteiger partial charge >= 0.3 is 23.9 Å². The van der Waals surface area contributed by atoms with Gasteiger partial charge in [-0.1, -0.05) is 287 Å². The molecule has 0 aromatic heterocycles. The Morgan fingerprint density at radius 2 is 0.485 bits per heavy atom. The first-order valence-corrected chi connectivity index (χ1v) is 43.9. The van der Waals surface area contributed by atoms with Gasteiger partial charge in [0.05, 0.1) is 13.2 Å². The van der Waals surface area contributed by atoms with Crippen LogP contribution in [0.5, 0.6) is 0 Å². The zero-order chi connectivity index (χ0) is 72.5. The zero-order valence-electron chi connectivity index (χ0n) is 67.3. The smallest absolute Gasteiger partial charge is 0.306 e. The monoisotopic (exact) mass is 1400 g/mol. The Kier molecular flexibility index (Phi) is 73.7. The first-order valence-electron chi connectivity index (χ1n) is 43.9. The highest BCUT2D eigenvalue weighted by molar-refractivity contribution is 5.70. The quantitative estimate of drug-likeness (QED) is 0.0339. The van der Waals surface area contributed by atoms with Gasteiger partial charge in [0.2, 0.25) is 0 Å². The number of esters is 4. The summed E-state index contributed by atoms with van der Waals surface area (Å²) in [5.74, 6) is 1.32. The van der Waals surface area contributed by atoms with Crippen molar-refractivity contribution in [1.82, 2.24) is 9.80 Å². The highest BCUT2D eigenvalue weighted by atomic mass is 16.6. The van der Waals surface area contributed by atoms with Crippen LogP contribution in [0.1, 0.15) is 447 Å². The van der Waals surface area contributed by atoms with Gasteiger partial charge in [0.25, 0.3) is 0 Å². The highest BCUT2D eigenvalue weighted by Crippen LogP contribution is 2.32. The number of rotatable bonds is 80. The Bertz CT molecular complexity index is 1700. The minimum Gasteiger partial charge on any atom is -0.462 e. The van der Waals surface area contributed by atoms with E-state index in [0.717, 1.165) is 211 Å². The normalized spacial score (nSPS) is 13.3. The second-order valence-corrected chi connectivity index (χ2v) is 30.6. The van der Waals surface area contributed by atoms with Crippen molar-refractivity contribution >= 4 is 23.9 Å². The van der Waals surface area contributed by atoms with Crippen molar-refractivity contribution in [1.29, 1.82) is 0 Å². The fraction of sp³-hybridized carbons (Fsp3) is 0.954. The SMILES string of the molecule is CCCCCCCCC(CCC)OC(=O)CCCN(CCO)CCCCCCCC(=O)OC(CCCCCCCC)CCCCCC(CC)C(CCC)CCCCC(CC)OC(=O)CCCCCN(CCO)CCCCCCCC(=O)OC(CCCCCCCC)CCCCCCCC. The van der Waals surface area contributed by atoms with Crippen LogP contribution in [0.4, 0.5) is 0 Å². The molecule has 0 aliphatic heterocycles. The van der Waals surface area contributed by atoms with Gasteiger partial charge in [0, 0.05) is 38.8 Å². The highest BCUT2D eigenvalue weighted by Gasteiger charge is 2.22. The third kappa shape index (κ3) is 63.9. The lowest BCUT2D eigenvalue weighted by molar-refractivity contribution is -0.151. The van der Waals surface area contributed by atoms with Gasteiger partial charge in [0.15, 0.2) is 0 Å². The lowest BCUT2D eigenvalue weighted by Crippen LogP contribution is -2.29. The minimum atomic E-state index is -0.0766. The van der Waals surface area contributed by atoms with Gasteiger partial charge in [0.1, 0.15) is 24.4 Å². The summed E-state index contributed by atoms with van der Waals surface area (Å²) >= 11 is 0. The molecule has 0 radical (unpaired) electrons. The first kappa shape index (κ1) is 96.7. The summed E-state index contributed by atoms with van der Waals surface area (Å²) in [7, 11) is 0. The molecular weight excluding hydrogens is 1230 g/mol. The second-order valence-electron chi connectivity index (χ2n) is 30.6. The van der Waals surface area contributed by atoms with Crippen molar-refractivity contribution in [3.63, 3.8) is 0 Å². The fourth-order valence-electron chi connectivity index (χ4n) is 15.0. The van der Waals surface area contributed by atoms with Crippen molar-refractivity contribution < 1.29 is 48.3 Å². The summed E-state index contributed by atoms with van der Waals surface area (Å²) in [4.78, 5) is 56.6. The minimum absolute atomic E-state index is 0.00128. The number of aliphatic hydroxyl groups excluding tert-OH is 2. The second kappa shape index (κ2) is 75.4. The third-order valence-corrected chi connectivity index (χ3v) is 21.3. The fourth-order valence-corrected chi connectivity index (χ4v) is 15.0. The number of aliphatic hydroxyl groups is 2. The van der Waals surface area contributed by atoms with Crippen LogP contribution in [0, 0.1) is 11.8 Å². The molecule has 0 rings (SSSR count). The third-order valence-electron chi connectivity index (χ3n) is 21.3. The molecule has 0 aliphatic carbocycles. The average Bonchev–Trinajstić information content (AvgIpc) is 1.34. The molecule has 0 saturated carbocycles. The Labute approximate surface area is 614 Å². The van der Waals surface area contributed by atoms with E-state index in [4.69, 9.17) is 18.9 Å². The predicted octanol–water partition coefficient (Wildman–Crippen LogP) is 24.4. The summed E-state index contributed by atoms with van der Waals surface area (Å²) in [5.41, 5.74) is 0. The molecule has 12 heteroatoms. The Hall–Kier alpha value is -2.28. The van der Waals surface area contributed by atoms with Crippen LogP contribution in [0.25, 0.3) is 0 Å². The van der Waals surface area contributed by atoms with Crippen LogP contribution in [0.15, 0.2) is 0 Å². The van der Waals surface area contributed by atoms with Gasteiger partial charge in [-0.3, -0.25) is 19.2 Å². The number of carbonyl (C=O) groups is 4. The molecule has 588 valence electrons. The molecule has 0 saturated heterocycles. The van der Waals surface area contributed by atoms with Gasteiger partial charge in [-0.25, -0.2) is 0 Å². The number of unbranched alkanes of at least 4 members (excludes halogenated alkanes) is 33. The number of nitrogens with zero attached hydrogens (tertiary/aromatic N) is 2. The summed E-state index contributed by atoms with van der Waals surface area (Å²) in [6.45, 7) is 23.3. The summed E-state index contributed by atoms with van der Waals surface area (Å²) in [5, 5.41) is 19.6. The van der Waals surface area contributed by atoms with E-state index < -0.39 is 0 Å². The van der Waals surface area contributed by atoms with Crippen LogP contribution in [-0.2, 0) is 38.1 Å². The maximum atomic E-state index is 13.3. The van der Waals surface area contributed by atoms with Gasteiger partial charge in [-0.2, -0.15) is 0 Å². The number of ether oxygens (including phenoxy) is 4. The van der Waals surface area contributed by atoms with E-state index in [2.05, 4.69) is 65.2 Å². The van der Waals surface area contributed by atoms with Crippen LogP contribution in [-0.4, -0.2) is 121 Å². The van der Waals surface area contributed by atoms with Crippen LogP contribution in [0.2, 0.25) is 0 Å². The molecule has 0 aromatic rings. The van der Waals surface area contributed by atoms with Crippen molar-refractivity contribution in [2.75, 3.05) is 52.5 Å². The summed E-state index contributed by atoms with van der Waals surface area (Å²) in [6, 6.07) is 0.